The van der Waals surface area contributed by atoms with E-state index in [1.165, 1.54) is 5.57 Å². The maximum absolute atomic E-state index is 13.1. The smallest absolute Gasteiger partial charge is 0.240 e. The van der Waals surface area contributed by atoms with Crippen molar-refractivity contribution in [3.8, 4) is 5.75 Å². The summed E-state index contributed by atoms with van der Waals surface area (Å²) in [7, 11) is 1.90. The molecule has 0 spiro atoms. The highest BCUT2D eigenvalue weighted by Gasteiger charge is 2.34. The number of imidazole rings is 1. The van der Waals surface area contributed by atoms with Crippen LogP contribution in [0, 0.1) is 0 Å². The first-order valence-corrected chi connectivity index (χ1v) is 14.3. The van der Waals surface area contributed by atoms with Gasteiger partial charge in [0.05, 0.1) is 18.1 Å². The van der Waals surface area contributed by atoms with Crippen LogP contribution in [0.5, 0.6) is 5.75 Å². The molecule has 0 radical (unpaired) electrons. The van der Waals surface area contributed by atoms with E-state index in [1.807, 2.05) is 98.1 Å². The van der Waals surface area contributed by atoms with Crippen LogP contribution in [0.4, 0.5) is 0 Å². The maximum atomic E-state index is 13.1. The summed E-state index contributed by atoms with van der Waals surface area (Å²) in [5.74, 6) is 2.02. The molecular weight excluding hydrogens is 460 g/mol. The molecule has 1 fully saturated rings. The van der Waals surface area contributed by atoms with Gasteiger partial charge in [0, 0.05) is 52.3 Å². The highest BCUT2D eigenvalue weighted by molar-refractivity contribution is 5.83. The molecule has 6 heteroatoms. The molecule has 0 N–H and O–H groups in total. The maximum Gasteiger partial charge on any atom is 0.240 e. The first kappa shape index (κ1) is 32.2. The Morgan fingerprint density at radius 2 is 1.65 bits per heavy atom. The average molecular weight is 511 g/mol. The summed E-state index contributed by atoms with van der Waals surface area (Å²) in [6.07, 6.45) is 10.8. The van der Waals surface area contributed by atoms with Gasteiger partial charge in [-0.25, -0.2) is 4.98 Å². The second-order valence-corrected chi connectivity index (χ2v) is 8.10. The Labute approximate surface area is 226 Å². The van der Waals surface area contributed by atoms with E-state index in [-0.39, 0.29) is 11.9 Å². The standard InChI is InChI=1S/C23H26N4O2.4C2H6/c1-25-9-10-26-15-19-13-24-16-27(19)14-17-5-4-7-20(11-17)29-22-8-3-2-6-18(22)12-21(26)23(25)28;4*1-2/h2-3,5-6,8,11,13,16,21H,4,7,9-10,12,14-15H2,1H3;4*1-2H3. The number of ether oxygens (including phenoxy) is 1. The Bertz CT molecular complexity index is 993. The fourth-order valence-electron chi connectivity index (χ4n) is 4.44. The first-order valence-electron chi connectivity index (χ1n) is 14.3. The van der Waals surface area contributed by atoms with Crippen LogP contribution in [0.15, 0.2) is 60.3 Å². The third-order valence-electron chi connectivity index (χ3n) is 6.11. The van der Waals surface area contributed by atoms with Gasteiger partial charge >= 0.3 is 0 Å². The molecule has 0 saturated carbocycles. The number of fused-ring (bicyclic) bond motifs is 4. The van der Waals surface area contributed by atoms with Gasteiger partial charge in [-0.3, -0.25) is 9.69 Å². The lowest BCUT2D eigenvalue weighted by molar-refractivity contribution is -0.140. The monoisotopic (exact) mass is 510 g/mol. The van der Waals surface area contributed by atoms with Crippen LogP contribution >= 0.6 is 0 Å². The number of nitrogens with zero attached hydrogens (tertiary/aromatic N) is 4. The molecule has 2 aromatic rings. The molecule has 1 amide bonds. The number of hydrogen-bond acceptors (Lipinski definition) is 4. The molecule has 206 valence electrons. The van der Waals surface area contributed by atoms with Gasteiger partial charge in [-0.05, 0) is 29.7 Å². The molecule has 37 heavy (non-hydrogen) atoms. The number of likely N-dealkylation sites (N-methyl/N-ethyl adjacent to an activating group) is 1. The molecule has 1 aromatic heterocycles. The van der Waals surface area contributed by atoms with Crippen LogP contribution in [0.1, 0.15) is 79.5 Å². The van der Waals surface area contributed by atoms with E-state index >= 15 is 0 Å². The van der Waals surface area contributed by atoms with E-state index in [4.69, 9.17) is 4.74 Å². The van der Waals surface area contributed by atoms with E-state index in [9.17, 15) is 4.79 Å². The molecule has 1 aliphatic carbocycles. The average Bonchev–Trinajstić information content (AvgIpc) is 3.40. The minimum absolute atomic E-state index is 0.174. The lowest BCUT2D eigenvalue weighted by Gasteiger charge is -2.39. The van der Waals surface area contributed by atoms with Crippen molar-refractivity contribution in [2.75, 3.05) is 20.1 Å². The highest BCUT2D eigenvalue weighted by atomic mass is 16.5. The Kier molecular flexibility index (Phi) is 15.3. The summed E-state index contributed by atoms with van der Waals surface area (Å²) < 4.78 is 8.53. The van der Waals surface area contributed by atoms with Crippen LogP contribution in [0.3, 0.4) is 0 Å². The molecule has 1 aromatic carbocycles. The topological polar surface area (TPSA) is 50.6 Å². The first-order chi connectivity index (χ1) is 18.2. The Morgan fingerprint density at radius 1 is 0.946 bits per heavy atom. The van der Waals surface area contributed by atoms with Crippen molar-refractivity contribution >= 4 is 5.91 Å². The zero-order valence-electron chi connectivity index (χ0n) is 24.8. The number of rotatable bonds is 0. The van der Waals surface area contributed by atoms with Crippen LogP contribution in [-0.2, 0) is 24.3 Å². The van der Waals surface area contributed by atoms with E-state index < -0.39 is 0 Å². The van der Waals surface area contributed by atoms with Gasteiger partial charge in [-0.1, -0.05) is 79.7 Å². The number of carbonyl (C=O) groups excluding carboxylic acids is 1. The van der Waals surface area contributed by atoms with Crippen LogP contribution < -0.4 is 4.74 Å². The van der Waals surface area contributed by atoms with Crippen molar-refractivity contribution in [2.24, 2.45) is 0 Å². The lowest BCUT2D eigenvalue weighted by atomic mass is 10.00. The zero-order chi connectivity index (χ0) is 27.8. The second kappa shape index (κ2) is 17.6. The number of hydrogen-bond donors (Lipinski definition) is 0. The molecule has 5 rings (SSSR count). The molecule has 1 atom stereocenters. The van der Waals surface area contributed by atoms with Gasteiger partial charge in [0.15, 0.2) is 0 Å². The van der Waals surface area contributed by atoms with Crippen molar-refractivity contribution in [3.63, 3.8) is 0 Å². The predicted octanol–water partition coefficient (Wildman–Crippen LogP) is 6.87. The quantitative estimate of drug-likeness (QED) is 0.388. The van der Waals surface area contributed by atoms with Gasteiger partial charge in [-0.2, -0.15) is 0 Å². The molecule has 1 saturated heterocycles. The number of carbonyl (C=O) groups is 1. The number of benzene rings is 1. The molecular formula is C31H50N4O2. The lowest BCUT2D eigenvalue weighted by Crippen LogP contribution is -2.56. The Hall–Kier alpha value is -2.86. The number of amides is 1. The number of aromatic nitrogens is 2. The molecule has 2 aliphatic heterocycles. The summed E-state index contributed by atoms with van der Waals surface area (Å²) in [6.45, 7) is 19.1. The van der Waals surface area contributed by atoms with Crippen molar-refractivity contribution in [1.82, 2.24) is 19.4 Å². The third kappa shape index (κ3) is 8.60. The van der Waals surface area contributed by atoms with Crippen molar-refractivity contribution < 1.29 is 9.53 Å². The van der Waals surface area contributed by atoms with Gasteiger partial charge in [-0.15, -0.1) is 0 Å². The summed E-state index contributed by atoms with van der Waals surface area (Å²) in [5.41, 5.74) is 3.46. The fourth-order valence-corrected chi connectivity index (χ4v) is 4.44. The van der Waals surface area contributed by atoms with Crippen LogP contribution in [0.2, 0.25) is 0 Å². The Morgan fingerprint density at radius 3 is 2.38 bits per heavy atom. The summed E-state index contributed by atoms with van der Waals surface area (Å²) in [5, 5.41) is 0. The molecule has 1 unspecified atom stereocenters. The summed E-state index contributed by atoms with van der Waals surface area (Å²) in [6, 6.07) is 7.93. The molecule has 3 heterocycles. The summed E-state index contributed by atoms with van der Waals surface area (Å²) in [4.78, 5) is 21.6. The second-order valence-electron chi connectivity index (χ2n) is 8.10. The molecule has 3 aliphatic rings. The van der Waals surface area contributed by atoms with E-state index in [0.717, 1.165) is 61.8 Å². The van der Waals surface area contributed by atoms with E-state index in [1.54, 1.807) is 0 Å². The number of para-hydroxylation sites is 1. The van der Waals surface area contributed by atoms with Crippen LogP contribution in [-0.4, -0.2) is 51.4 Å². The largest absolute Gasteiger partial charge is 0.461 e. The van der Waals surface area contributed by atoms with Gasteiger partial charge in [0.2, 0.25) is 5.91 Å². The number of allylic oxidation sites excluding steroid dienone is 4. The van der Waals surface area contributed by atoms with E-state index in [0.29, 0.717) is 6.42 Å². The Balaban J connectivity index is 0.000000784. The van der Waals surface area contributed by atoms with Crippen molar-refractivity contribution in [2.45, 2.75) is 93.8 Å². The molecule has 2 bridgehead atoms. The summed E-state index contributed by atoms with van der Waals surface area (Å²) >= 11 is 0. The normalized spacial score (nSPS) is 18.4. The van der Waals surface area contributed by atoms with E-state index in [2.05, 4.69) is 32.7 Å². The highest BCUT2D eigenvalue weighted by Crippen LogP contribution is 2.29. The van der Waals surface area contributed by atoms with Crippen molar-refractivity contribution in [3.05, 3.63) is 71.5 Å². The van der Waals surface area contributed by atoms with Crippen molar-refractivity contribution in [1.29, 1.82) is 0 Å². The van der Waals surface area contributed by atoms with Crippen LogP contribution in [0.25, 0.3) is 0 Å². The van der Waals surface area contributed by atoms with Gasteiger partial charge in [0.1, 0.15) is 11.5 Å². The number of piperazine rings is 1. The predicted molar refractivity (Wildman–Crippen MR) is 156 cm³/mol. The third-order valence-corrected chi connectivity index (χ3v) is 6.11. The van der Waals surface area contributed by atoms with Gasteiger partial charge < -0.3 is 14.2 Å². The van der Waals surface area contributed by atoms with Gasteiger partial charge in [0.25, 0.3) is 0 Å². The fraction of sp³-hybridized carbons (Fsp3) is 0.548. The SMILES string of the molecule is CC.CC.CC.CC.CN1CCN2Cc3cncn3CC3=CCCC(=C3)Oc3ccccc3CC2C1=O. The minimum Gasteiger partial charge on any atom is -0.461 e. The zero-order valence-corrected chi connectivity index (χ0v) is 24.8. The minimum atomic E-state index is -0.199. The molecule has 6 nitrogen and oxygen atoms in total.